The van der Waals surface area contributed by atoms with Gasteiger partial charge in [0.15, 0.2) is 0 Å². The van der Waals surface area contributed by atoms with Gasteiger partial charge in [-0.1, -0.05) is 91.0 Å². The Balaban J connectivity index is 1.12. The fourth-order valence-corrected chi connectivity index (χ4v) is 8.04. The summed E-state index contributed by atoms with van der Waals surface area (Å²) in [7, 11) is 0. The lowest BCUT2D eigenvalue weighted by Gasteiger charge is -2.22. The van der Waals surface area contributed by atoms with Crippen LogP contribution < -0.4 is 4.74 Å². The molecule has 1 aliphatic rings. The molecule has 0 unspecified atom stereocenters. The molecule has 43 heavy (non-hydrogen) atoms. The molecule has 200 valence electrons. The largest absolute Gasteiger partial charge is 0.456 e. The van der Waals surface area contributed by atoms with Crippen LogP contribution in [0.1, 0.15) is 0 Å². The summed E-state index contributed by atoms with van der Waals surface area (Å²) < 4.78 is 15.2. The van der Waals surface area contributed by atoms with E-state index in [0.717, 1.165) is 44.6 Å². The number of para-hydroxylation sites is 3. The van der Waals surface area contributed by atoms with Gasteiger partial charge in [-0.05, 0) is 70.1 Å². The first-order chi connectivity index (χ1) is 21.3. The zero-order chi connectivity index (χ0) is 28.1. The van der Waals surface area contributed by atoms with Gasteiger partial charge in [0.05, 0.1) is 0 Å². The van der Waals surface area contributed by atoms with Crippen molar-refractivity contribution in [2.75, 3.05) is 0 Å². The first-order valence-electron chi connectivity index (χ1n) is 14.5. The van der Waals surface area contributed by atoms with E-state index in [4.69, 9.17) is 9.15 Å². The molecule has 0 N–H and O–H groups in total. The number of furan rings is 1. The van der Waals surface area contributed by atoms with Crippen LogP contribution in [-0.2, 0) is 0 Å². The fourth-order valence-electron chi connectivity index (χ4n) is 6.85. The second kappa shape index (κ2) is 8.57. The van der Waals surface area contributed by atoms with Gasteiger partial charge >= 0.3 is 0 Å². The van der Waals surface area contributed by atoms with E-state index in [9.17, 15) is 0 Å². The van der Waals surface area contributed by atoms with E-state index in [0.29, 0.717) is 0 Å². The van der Waals surface area contributed by atoms with Gasteiger partial charge in [-0.25, -0.2) is 0 Å². The minimum absolute atomic E-state index is 0.911. The van der Waals surface area contributed by atoms with Gasteiger partial charge < -0.3 is 9.15 Å². The normalized spacial score (nSPS) is 12.4. The van der Waals surface area contributed by atoms with Gasteiger partial charge in [0.25, 0.3) is 0 Å². The molecule has 10 rings (SSSR count). The van der Waals surface area contributed by atoms with E-state index < -0.39 is 0 Å². The number of benzene rings is 7. The highest BCUT2D eigenvalue weighted by Crippen LogP contribution is 2.48. The number of fused-ring (bicyclic) bond motifs is 8. The molecule has 2 nitrogen and oxygen atoms in total. The van der Waals surface area contributed by atoms with Crippen molar-refractivity contribution in [3.63, 3.8) is 0 Å². The van der Waals surface area contributed by atoms with Crippen LogP contribution >= 0.6 is 11.3 Å². The monoisotopic (exact) mass is 566 g/mol. The molecule has 0 aliphatic carbocycles. The highest BCUT2D eigenvalue weighted by molar-refractivity contribution is 7.25. The average Bonchev–Trinajstić information content (AvgIpc) is 3.62. The molecule has 0 saturated heterocycles. The van der Waals surface area contributed by atoms with Crippen LogP contribution in [0, 0.1) is 0 Å². The molecule has 0 bridgehead atoms. The molecule has 9 aromatic rings. The lowest BCUT2D eigenvalue weighted by molar-refractivity contribution is 0.487. The topological polar surface area (TPSA) is 22.4 Å². The summed E-state index contributed by atoms with van der Waals surface area (Å²) in [4.78, 5) is 0. The second-order valence-corrected chi connectivity index (χ2v) is 12.4. The first kappa shape index (κ1) is 23.2. The molecule has 0 atom stereocenters. The van der Waals surface area contributed by atoms with Crippen LogP contribution in [-0.4, -0.2) is 0 Å². The van der Waals surface area contributed by atoms with Crippen LogP contribution in [0.3, 0.4) is 0 Å². The lowest BCUT2D eigenvalue weighted by atomic mass is 9.90. The van der Waals surface area contributed by atoms with Crippen LogP contribution in [0.15, 0.2) is 138 Å². The Labute approximate surface area is 251 Å². The summed E-state index contributed by atoms with van der Waals surface area (Å²) in [5, 5.41) is 7.27. The van der Waals surface area contributed by atoms with E-state index >= 15 is 0 Å². The molecule has 1 aliphatic heterocycles. The van der Waals surface area contributed by atoms with Gasteiger partial charge in [-0.2, -0.15) is 0 Å². The molecular weight excluding hydrogens is 545 g/mol. The second-order valence-electron chi connectivity index (χ2n) is 11.3. The van der Waals surface area contributed by atoms with E-state index in [2.05, 4.69) is 115 Å². The highest BCUT2D eigenvalue weighted by atomic mass is 32.1. The van der Waals surface area contributed by atoms with Crippen LogP contribution in [0.5, 0.6) is 11.5 Å². The molecule has 0 spiro atoms. The van der Waals surface area contributed by atoms with Crippen LogP contribution in [0.4, 0.5) is 0 Å². The molecule has 0 amide bonds. The minimum atomic E-state index is 0.911. The van der Waals surface area contributed by atoms with Crippen LogP contribution in [0.2, 0.25) is 0 Å². The maximum absolute atomic E-state index is 6.35. The van der Waals surface area contributed by atoms with Gasteiger partial charge in [0.2, 0.25) is 0 Å². The third-order valence-electron chi connectivity index (χ3n) is 8.86. The molecular formula is C40H22O2S. The molecule has 3 heterocycles. The maximum atomic E-state index is 6.35. The van der Waals surface area contributed by atoms with E-state index in [-0.39, 0.29) is 0 Å². The van der Waals surface area contributed by atoms with Crippen molar-refractivity contribution in [1.29, 1.82) is 0 Å². The predicted molar refractivity (Wildman–Crippen MR) is 180 cm³/mol. The van der Waals surface area contributed by atoms with Crippen molar-refractivity contribution >= 4 is 64.2 Å². The van der Waals surface area contributed by atoms with Crippen molar-refractivity contribution in [2.24, 2.45) is 0 Å². The summed E-state index contributed by atoms with van der Waals surface area (Å²) >= 11 is 1.85. The predicted octanol–water partition coefficient (Wildman–Crippen LogP) is 12.2. The number of thiophene rings is 1. The number of hydrogen-bond acceptors (Lipinski definition) is 3. The molecule has 0 radical (unpaired) electrons. The smallest absolute Gasteiger partial charge is 0.143 e. The first-order valence-corrected chi connectivity index (χ1v) is 15.3. The van der Waals surface area contributed by atoms with Gasteiger partial charge in [-0.3, -0.25) is 0 Å². The summed E-state index contributed by atoms with van der Waals surface area (Å²) in [6.45, 7) is 0. The Kier molecular flexibility index (Phi) is 4.63. The minimum Gasteiger partial charge on any atom is -0.456 e. The zero-order valence-corrected chi connectivity index (χ0v) is 23.7. The molecule has 3 heteroatoms. The Hall–Kier alpha value is -5.38. The van der Waals surface area contributed by atoms with Crippen LogP contribution in [0.25, 0.3) is 86.3 Å². The van der Waals surface area contributed by atoms with Crippen molar-refractivity contribution in [1.82, 2.24) is 0 Å². The zero-order valence-electron chi connectivity index (χ0n) is 22.9. The number of ether oxygens (including phenoxy) is 1. The molecule has 0 saturated carbocycles. The Morgan fingerprint density at radius 2 is 1.16 bits per heavy atom. The fraction of sp³-hybridized carbons (Fsp3) is 0. The van der Waals surface area contributed by atoms with Crippen molar-refractivity contribution in [3.05, 3.63) is 133 Å². The maximum Gasteiger partial charge on any atom is 0.143 e. The van der Waals surface area contributed by atoms with Gasteiger partial charge in [0, 0.05) is 47.5 Å². The average molecular weight is 567 g/mol. The van der Waals surface area contributed by atoms with Crippen molar-refractivity contribution in [2.45, 2.75) is 0 Å². The highest BCUT2D eigenvalue weighted by Gasteiger charge is 2.21. The summed E-state index contributed by atoms with van der Waals surface area (Å²) in [6, 6.07) is 47.7. The SMILES string of the molecule is c1ccc2c(c1)Oc1cccc3cc(-c4ccc5c(c4)sc4cc(-c6cccc7c6oc6ccccc67)ccc45)cc-2c13. The summed E-state index contributed by atoms with van der Waals surface area (Å²) in [5.41, 5.74) is 8.98. The van der Waals surface area contributed by atoms with Gasteiger partial charge in [0.1, 0.15) is 22.7 Å². The van der Waals surface area contributed by atoms with E-state index in [1.165, 1.54) is 53.2 Å². The summed E-state index contributed by atoms with van der Waals surface area (Å²) in [6.07, 6.45) is 0. The van der Waals surface area contributed by atoms with E-state index in [1.807, 2.05) is 29.5 Å². The Bertz CT molecular complexity index is 2600. The number of rotatable bonds is 2. The molecule has 0 fully saturated rings. The van der Waals surface area contributed by atoms with Gasteiger partial charge in [-0.15, -0.1) is 11.3 Å². The van der Waals surface area contributed by atoms with Crippen molar-refractivity contribution < 1.29 is 9.15 Å². The van der Waals surface area contributed by atoms with E-state index in [1.54, 1.807) is 0 Å². The third kappa shape index (κ3) is 3.34. The molecule has 2 aromatic heterocycles. The lowest BCUT2D eigenvalue weighted by Crippen LogP contribution is -1.97. The third-order valence-corrected chi connectivity index (χ3v) is 9.97. The number of hydrogen-bond donors (Lipinski definition) is 0. The standard InChI is InChI=1S/C40H22O2S/c1-4-13-35-28(8-1)32-11-6-10-27(40(32)42-35)24-16-18-31-30-17-15-23(21-37(30)43-38(31)22-24)26-19-25-7-5-14-36-39(25)33(20-26)29-9-2-3-12-34(29)41-36/h1-22H. The molecule has 7 aromatic carbocycles. The quantitative estimate of drug-likeness (QED) is 0.208. The summed E-state index contributed by atoms with van der Waals surface area (Å²) in [5.74, 6) is 1.83. The Morgan fingerprint density at radius 1 is 0.442 bits per heavy atom. The van der Waals surface area contributed by atoms with Crippen molar-refractivity contribution in [3.8, 4) is 44.9 Å². The Morgan fingerprint density at radius 3 is 2.09 bits per heavy atom.